The fourth-order valence-electron chi connectivity index (χ4n) is 4.51. The van der Waals surface area contributed by atoms with Crippen molar-refractivity contribution < 1.29 is 23.8 Å². The topological polar surface area (TPSA) is 90.0 Å². The first kappa shape index (κ1) is 26.9. The number of nitrogens with zero attached hydrogens (tertiary/aromatic N) is 2. The molecule has 1 saturated heterocycles. The molecule has 4 aromatic rings. The molecule has 8 nitrogen and oxygen atoms in total. The fraction of sp³-hybridized carbons (Fsp3) is 0.219. The monoisotopic (exact) mass is 537 g/mol. The van der Waals surface area contributed by atoms with E-state index in [2.05, 4.69) is 22.4 Å². The van der Waals surface area contributed by atoms with Crippen LogP contribution in [0.4, 0.5) is 11.5 Å². The highest BCUT2D eigenvalue weighted by Gasteiger charge is 2.22. The van der Waals surface area contributed by atoms with Crippen LogP contribution in [0.1, 0.15) is 26.3 Å². The second-order valence-corrected chi connectivity index (χ2v) is 9.33. The Labute approximate surface area is 233 Å². The maximum absolute atomic E-state index is 13.0. The van der Waals surface area contributed by atoms with E-state index < -0.39 is 5.97 Å². The van der Waals surface area contributed by atoms with E-state index in [1.54, 1.807) is 24.4 Å². The summed E-state index contributed by atoms with van der Waals surface area (Å²) in [6.45, 7) is 3.01. The first-order chi connectivity index (χ1) is 19.6. The Morgan fingerprint density at radius 3 is 2.45 bits per heavy atom. The van der Waals surface area contributed by atoms with Gasteiger partial charge in [0.2, 0.25) is 0 Å². The summed E-state index contributed by atoms with van der Waals surface area (Å²) >= 11 is 0. The van der Waals surface area contributed by atoms with Gasteiger partial charge >= 0.3 is 5.97 Å². The van der Waals surface area contributed by atoms with E-state index in [-0.39, 0.29) is 5.91 Å². The molecule has 2 heterocycles. The Hall–Kier alpha value is -4.69. The lowest BCUT2D eigenvalue weighted by atomic mass is 10.0. The summed E-state index contributed by atoms with van der Waals surface area (Å²) in [5.41, 5.74) is 4.22. The SMILES string of the molecule is COC(=O)c1cc(-c2cccc(C(=O)Nc3ccc(OCCc4ccccc4)cc3)c2)cnc1N1CCOCC1. The van der Waals surface area contributed by atoms with Crippen molar-refractivity contribution in [3.8, 4) is 16.9 Å². The third-order valence-electron chi connectivity index (χ3n) is 6.66. The normalized spacial score (nSPS) is 13.0. The van der Waals surface area contributed by atoms with Crippen molar-refractivity contribution in [1.82, 2.24) is 4.98 Å². The summed E-state index contributed by atoms with van der Waals surface area (Å²) in [7, 11) is 1.35. The Balaban J connectivity index is 1.25. The van der Waals surface area contributed by atoms with Crippen molar-refractivity contribution in [2.75, 3.05) is 50.2 Å². The predicted octanol–water partition coefficient (Wildman–Crippen LogP) is 5.25. The molecule has 0 radical (unpaired) electrons. The van der Waals surface area contributed by atoms with Crippen LogP contribution in [-0.4, -0.2) is 56.9 Å². The van der Waals surface area contributed by atoms with Gasteiger partial charge in [-0.25, -0.2) is 9.78 Å². The van der Waals surface area contributed by atoms with Crippen LogP contribution in [0.2, 0.25) is 0 Å². The number of hydrogen-bond donors (Lipinski definition) is 1. The molecule has 0 aliphatic carbocycles. The maximum atomic E-state index is 13.0. The van der Waals surface area contributed by atoms with Gasteiger partial charge in [0.1, 0.15) is 17.1 Å². The minimum absolute atomic E-state index is 0.245. The third-order valence-corrected chi connectivity index (χ3v) is 6.66. The molecule has 0 bridgehead atoms. The first-order valence-electron chi connectivity index (χ1n) is 13.2. The molecular formula is C32H31N3O5. The van der Waals surface area contributed by atoms with E-state index in [9.17, 15) is 9.59 Å². The summed E-state index contributed by atoms with van der Waals surface area (Å²) in [4.78, 5) is 32.2. The van der Waals surface area contributed by atoms with Crippen LogP contribution >= 0.6 is 0 Å². The number of amides is 1. The van der Waals surface area contributed by atoms with Crippen LogP contribution in [0.3, 0.4) is 0 Å². The highest BCUT2D eigenvalue weighted by molar-refractivity contribution is 6.05. The number of aromatic nitrogens is 1. The molecule has 1 fully saturated rings. The number of nitrogens with one attached hydrogen (secondary N) is 1. The van der Waals surface area contributed by atoms with Crippen LogP contribution in [-0.2, 0) is 15.9 Å². The lowest BCUT2D eigenvalue weighted by Crippen LogP contribution is -2.37. The Bertz CT molecular complexity index is 1450. The summed E-state index contributed by atoms with van der Waals surface area (Å²) in [5.74, 6) is 0.605. The van der Waals surface area contributed by atoms with Crippen molar-refractivity contribution in [2.24, 2.45) is 0 Å². The number of ether oxygens (including phenoxy) is 3. The molecule has 8 heteroatoms. The quantitative estimate of drug-likeness (QED) is 0.292. The summed E-state index contributed by atoms with van der Waals surface area (Å²) in [5, 5.41) is 2.93. The predicted molar refractivity (Wildman–Crippen MR) is 154 cm³/mol. The van der Waals surface area contributed by atoms with Crippen LogP contribution in [0.5, 0.6) is 5.75 Å². The van der Waals surface area contributed by atoms with E-state index in [0.29, 0.717) is 61.1 Å². The van der Waals surface area contributed by atoms with E-state index in [4.69, 9.17) is 14.2 Å². The van der Waals surface area contributed by atoms with Crippen LogP contribution in [0.25, 0.3) is 11.1 Å². The minimum atomic E-state index is -0.461. The summed E-state index contributed by atoms with van der Waals surface area (Å²) in [6, 6.07) is 26.5. The van der Waals surface area contributed by atoms with Crippen molar-refractivity contribution in [1.29, 1.82) is 0 Å². The average Bonchev–Trinajstić information content (AvgIpc) is 3.02. The van der Waals surface area contributed by atoms with Gasteiger partial charge in [-0.3, -0.25) is 4.79 Å². The number of morpholine rings is 1. The van der Waals surface area contributed by atoms with Gasteiger partial charge in [0.25, 0.3) is 5.91 Å². The molecule has 1 N–H and O–H groups in total. The number of rotatable bonds is 9. The van der Waals surface area contributed by atoms with Crippen molar-refractivity contribution in [3.05, 3.63) is 108 Å². The molecular weight excluding hydrogens is 506 g/mol. The number of carbonyl (C=O) groups is 2. The van der Waals surface area contributed by atoms with E-state index in [1.807, 2.05) is 59.5 Å². The van der Waals surface area contributed by atoms with Gasteiger partial charge in [-0.1, -0.05) is 42.5 Å². The van der Waals surface area contributed by atoms with Gasteiger partial charge in [-0.2, -0.15) is 0 Å². The third kappa shape index (κ3) is 6.65. The van der Waals surface area contributed by atoms with Gasteiger partial charge in [-0.05, 0) is 53.6 Å². The Morgan fingerprint density at radius 2 is 1.70 bits per heavy atom. The molecule has 3 aromatic carbocycles. The lowest BCUT2D eigenvalue weighted by Gasteiger charge is -2.29. The van der Waals surface area contributed by atoms with Crippen molar-refractivity contribution in [2.45, 2.75) is 6.42 Å². The minimum Gasteiger partial charge on any atom is -0.493 e. The Kier molecular flexibility index (Phi) is 8.68. The fourth-order valence-corrected chi connectivity index (χ4v) is 4.51. The summed E-state index contributed by atoms with van der Waals surface area (Å²) < 4.78 is 16.3. The van der Waals surface area contributed by atoms with Crippen molar-refractivity contribution in [3.63, 3.8) is 0 Å². The van der Waals surface area contributed by atoms with E-state index in [0.717, 1.165) is 17.7 Å². The average molecular weight is 538 g/mol. The molecule has 40 heavy (non-hydrogen) atoms. The molecule has 0 spiro atoms. The maximum Gasteiger partial charge on any atom is 0.341 e. The number of methoxy groups -OCH3 is 1. The number of hydrogen-bond acceptors (Lipinski definition) is 7. The number of pyridine rings is 1. The molecule has 204 valence electrons. The number of carbonyl (C=O) groups excluding carboxylic acids is 2. The Morgan fingerprint density at radius 1 is 0.925 bits per heavy atom. The van der Waals surface area contributed by atoms with Gasteiger partial charge in [-0.15, -0.1) is 0 Å². The second kappa shape index (κ2) is 12.9. The largest absolute Gasteiger partial charge is 0.493 e. The molecule has 0 saturated carbocycles. The molecule has 5 rings (SSSR count). The standard InChI is InChI=1S/C32H31N3O5/c1-38-32(37)29-21-26(22-33-30(29)35-15-18-39-19-16-35)24-8-5-9-25(20-24)31(36)34-27-10-12-28(13-11-27)40-17-14-23-6-3-2-4-7-23/h2-13,20-22H,14-19H2,1H3,(H,34,36). The van der Waals surface area contributed by atoms with Crippen LogP contribution in [0, 0.1) is 0 Å². The first-order valence-corrected chi connectivity index (χ1v) is 13.2. The lowest BCUT2D eigenvalue weighted by molar-refractivity contribution is 0.0599. The molecule has 1 aliphatic heterocycles. The zero-order valence-electron chi connectivity index (χ0n) is 22.3. The molecule has 0 atom stereocenters. The molecule has 1 aliphatic rings. The van der Waals surface area contributed by atoms with E-state index in [1.165, 1.54) is 12.7 Å². The highest BCUT2D eigenvalue weighted by Crippen LogP contribution is 2.27. The smallest absolute Gasteiger partial charge is 0.341 e. The summed E-state index contributed by atoms with van der Waals surface area (Å²) in [6.07, 6.45) is 2.53. The zero-order valence-corrected chi connectivity index (χ0v) is 22.3. The van der Waals surface area contributed by atoms with Gasteiger partial charge in [0.15, 0.2) is 0 Å². The van der Waals surface area contributed by atoms with Crippen LogP contribution in [0.15, 0.2) is 91.1 Å². The van der Waals surface area contributed by atoms with Crippen molar-refractivity contribution >= 4 is 23.4 Å². The van der Waals surface area contributed by atoms with Gasteiger partial charge in [0, 0.05) is 42.5 Å². The molecule has 1 amide bonds. The number of benzene rings is 3. The second-order valence-electron chi connectivity index (χ2n) is 9.33. The number of anilines is 2. The molecule has 1 aromatic heterocycles. The van der Waals surface area contributed by atoms with E-state index >= 15 is 0 Å². The number of esters is 1. The van der Waals surface area contributed by atoms with Gasteiger partial charge in [0.05, 0.1) is 26.9 Å². The van der Waals surface area contributed by atoms with Crippen LogP contribution < -0.4 is 15.0 Å². The zero-order chi connectivity index (χ0) is 27.7. The van der Waals surface area contributed by atoms with Gasteiger partial charge < -0.3 is 24.4 Å². The molecule has 0 unspecified atom stereocenters. The highest BCUT2D eigenvalue weighted by atomic mass is 16.5.